The summed E-state index contributed by atoms with van der Waals surface area (Å²) in [4.78, 5) is 29.5. The fourth-order valence-corrected chi connectivity index (χ4v) is 3.17. The van der Waals surface area contributed by atoms with Gasteiger partial charge in [-0.15, -0.1) is 0 Å². The molecular formula is C21H19N3O3. The van der Waals surface area contributed by atoms with Crippen molar-refractivity contribution in [1.29, 1.82) is 0 Å². The maximum absolute atomic E-state index is 12.8. The van der Waals surface area contributed by atoms with Crippen molar-refractivity contribution in [2.45, 2.75) is 18.9 Å². The molecule has 4 rings (SSSR count). The Kier molecular flexibility index (Phi) is 4.80. The highest BCUT2D eigenvalue weighted by atomic mass is 16.5. The largest absolute Gasteiger partial charge is 0.368 e. The van der Waals surface area contributed by atoms with Crippen molar-refractivity contribution in [1.82, 2.24) is 15.8 Å². The Morgan fingerprint density at radius 2 is 1.78 bits per heavy atom. The van der Waals surface area contributed by atoms with E-state index in [0.717, 1.165) is 22.9 Å². The van der Waals surface area contributed by atoms with Crippen molar-refractivity contribution in [2.75, 3.05) is 6.61 Å². The van der Waals surface area contributed by atoms with Crippen LogP contribution in [0.1, 0.15) is 23.2 Å². The molecule has 1 aliphatic rings. The molecule has 0 saturated carbocycles. The summed E-state index contributed by atoms with van der Waals surface area (Å²) in [7, 11) is 0. The fraction of sp³-hybridized carbons (Fsp3) is 0.190. The molecule has 0 radical (unpaired) electrons. The number of para-hydroxylation sites is 1. The van der Waals surface area contributed by atoms with Crippen LogP contribution in [-0.4, -0.2) is 29.5 Å². The van der Waals surface area contributed by atoms with Crippen molar-refractivity contribution in [2.24, 2.45) is 0 Å². The number of hydrogen-bond donors (Lipinski definition) is 2. The third-order valence-electron chi connectivity index (χ3n) is 4.55. The normalized spacial score (nSPS) is 16.2. The van der Waals surface area contributed by atoms with E-state index in [9.17, 15) is 9.59 Å². The molecule has 2 amide bonds. The molecule has 2 aromatic carbocycles. The number of benzene rings is 2. The van der Waals surface area contributed by atoms with Gasteiger partial charge < -0.3 is 4.74 Å². The van der Waals surface area contributed by atoms with Crippen LogP contribution in [0.4, 0.5) is 0 Å². The van der Waals surface area contributed by atoms with Crippen LogP contribution in [0, 0.1) is 0 Å². The second-order valence-electron chi connectivity index (χ2n) is 6.38. The predicted molar refractivity (Wildman–Crippen MR) is 102 cm³/mol. The summed E-state index contributed by atoms with van der Waals surface area (Å²) in [6.07, 6.45) is 1.01. The average molecular weight is 361 g/mol. The molecule has 1 fully saturated rings. The number of carbonyl (C=O) groups is 2. The molecule has 1 unspecified atom stereocenters. The number of hydrazine groups is 1. The quantitative estimate of drug-likeness (QED) is 0.703. The molecule has 0 spiro atoms. The molecule has 2 N–H and O–H groups in total. The first-order chi connectivity index (χ1) is 13.2. The van der Waals surface area contributed by atoms with Gasteiger partial charge in [-0.25, -0.2) is 4.98 Å². The van der Waals surface area contributed by atoms with E-state index in [1.807, 2.05) is 54.6 Å². The van der Waals surface area contributed by atoms with Gasteiger partial charge in [0.2, 0.25) is 0 Å². The minimum absolute atomic E-state index is 0.331. The summed E-state index contributed by atoms with van der Waals surface area (Å²) < 4.78 is 5.33. The third kappa shape index (κ3) is 3.66. The van der Waals surface area contributed by atoms with E-state index in [1.165, 1.54) is 0 Å². The molecule has 27 heavy (non-hydrogen) atoms. The van der Waals surface area contributed by atoms with Gasteiger partial charge in [0.25, 0.3) is 11.8 Å². The van der Waals surface area contributed by atoms with Gasteiger partial charge in [-0.2, -0.15) is 0 Å². The lowest BCUT2D eigenvalue weighted by Crippen LogP contribution is -2.46. The molecule has 136 valence electrons. The van der Waals surface area contributed by atoms with Crippen LogP contribution >= 0.6 is 0 Å². The fourth-order valence-electron chi connectivity index (χ4n) is 3.17. The smallest absolute Gasteiger partial charge is 0.270 e. The Bertz CT molecular complexity index is 982. The molecule has 1 aliphatic heterocycles. The highest BCUT2D eigenvalue weighted by Crippen LogP contribution is 2.24. The maximum atomic E-state index is 12.8. The number of hydrogen-bond acceptors (Lipinski definition) is 4. The van der Waals surface area contributed by atoms with Crippen LogP contribution in [0.2, 0.25) is 0 Å². The molecule has 0 aliphatic carbocycles. The van der Waals surface area contributed by atoms with Gasteiger partial charge >= 0.3 is 0 Å². The second-order valence-corrected chi connectivity index (χ2v) is 6.38. The number of amides is 2. The van der Waals surface area contributed by atoms with Gasteiger partial charge in [-0.1, -0.05) is 48.5 Å². The number of fused-ring (bicyclic) bond motifs is 1. The van der Waals surface area contributed by atoms with Crippen LogP contribution in [0.25, 0.3) is 22.2 Å². The number of pyridine rings is 1. The number of aromatic nitrogens is 1. The molecule has 2 heterocycles. The zero-order valence-electron chi connectivity index (χ0n) is 14.6. The number of nitrogens with zero attached hydrogens (tertiary/aromatic N) is 1. The lowest BCUT2D eigenvalue weighted by atomic mass is 10.0. The molecule has 3 aromatic rings. The summed E-state index contributed by atoms with van der Waals surface area (Å²) in [6, 6.07) is 18.8. The first kappa shape index (κ1) is 17.2. The van der Waals surface area contributed by atoms with Crippen molar-refractivity contribution in [3.05, 3.63) is 66.2 Å². The first-order valence-corrected chi connectivity index (χ1v) is 8.89. The molecule has 1 saturated heterocycles. The number of rotatable bonds is 3. The van der Waals surface area contributed by atoms with Crippen LogP contribution in [-0.2, 0) is 9.53 Å². The van der Waals surface area contributed by atoms with Gasteiger partial charge in [0.15, 0.2) is 0 Å². The van der Waals surface area contributed by atoms with Crippen molar-refractivity contribution in [3.8, 4) is 11.3 Å². The van der Waals surface area contributed by atoms with Crippen molar-refractivity contribution < 1.29 is 14.3 Å². The molecule has 6 nitrogen and oxygen atoms in total. The van der Waals surface area contributed by atoms with Gasteiger partial charge in [0.05, 0.1) is 16.8 Å². The van der Waals surface area contributed by atoms with E-state index >= 15 is 0 Å². The lowest BCUT2D eigenvalue weighted by Gasteiger charge is -2.13. The molecule has 6 heteroatoms. The minimum Gasteiger partial charge on any atom is -0.368 e. The number of carbonyl (C=O) groups excluding carboxylic acids is 2. The van der Waals surface area contributed by atoms with Crippen molar-refractivity contribution >= 4 is 22.7 Å². The Labute approximate surface area is 156 Å². The monoisotopic (exact) mass is 361 g/mol. The van der Waals surface area contributed by atoms with Crippen LogP contribution in [0.3, 0.4) is 0 Å². The van der Waals surface area contributed by atoms with Gasteiger partial charge in [0, 0.05) is 17.6 Å². The summed E-state index contributed by atoms with van der Waals surface area (Å²) in [5.41, 5.74) is 7.75. The van der Waals surface area contributed by atoms with E-state index < -0.39 is 12.0 Å². The summed E-state index contributed by atoms with van der Waals surface area (Å²) >= 11 is 0. The second kappa shape index (κ2) is 7.55. The van der Waals surface area contributed by atoms with Gasteiger partial charge in [-0.05, 0) is 25.0 Å². The predicted octanol–water partition coefficient (Wildman–Crippen LogP) is 2.84. The zero-order valence-corrected chi connectivity index (χ0v) is 14.6. The Balaban J connectivity index is 1.63. The SMILES string of the molecule is O=C(NNC(=O)C1CCCO1)c1cc(-c2ccccc2)nc2ccccc12. The summed E-state index contributed by atoms with van der Waals surface area (Å²) in [6.45, 7) is 0.571. The Morgan fingerprint density at radius 1 is 1.00 bits per heavy atom. The van der Waals surface area contributed by atoms with Crippen LogP contribution in [0.15, 0.2) is 60.7 Å². The van der Waals surface area contributed by atoms with E-state index in [1.54, 1.807) is 6.07 Å². The molecule has 1 atom stereocenters. The average Bonchev–Trinajstić information content (AvgIpc) is 3.26. The third-order valence-corrected chi connectivity index (χ3v) is 4.55. The van der Waals surface area contributed by atoms with Crippen LogP contribution in [0.5, 0.6) is 0 Å². The molecule has 1 aromatic heterocycles. The van der Waals surface area contributed by atoms with E-state index in [-0.39, 0.29) is 5.91 Å². The lowest BCUT2D eigenvalue weighted by molar-refractivity contribution is -0.130. The maximum Gasteiger partial charge on any atom is 0.270 e. The van der Waals surface area contributed by atoms with E-state index in [2.05, 4.69) is 15.8 Å². The van der Waals surface area contributed by atoms with Gasteiger partial charge in [0.1, 0.15) is 6.10 Å². The minimum atomic E-state index is -0.501. The number of nitrogens with one attached hydrogen (secondary N) is 2. The number of ether oxygens (including phenoxy) is 1. The Hall–Kier alpha value is -3.25. The highest BCUT2D eigenvalue weighted by Gasteiger charge is 2.24. The topological polar surface area (TPSA) is 80.3 Å². The zero-order chi connectivity index (χ0) is 18.6. The standard InChI is InChI=1S/C21H19N3O3/c25-20(23-24-21(26)19-11-6-12-27-19)16-13-18(14-7-2-1-3-8-14)22-17-10-5-4-9-15(16)17/h1-5,7-10,13,19H,6,11-12H2,(H,23,25)(H,24,26). The Morgan fingerprint density at radius 3 is 2.56 bits per heavy atom. The molecular weight excluding hydrogens is 342 g/mol. The van der Waals surface area contributed by atoms with E-state index in [0.29, 0.717) is 24.3 Å². The highest BCUT2D eigenvalue weighted by molar-refractivity contribution is 6.07. The first-order valence-electron chi connectivity index (χ1n) is 8.89. The van der Waals surface area contributed by atoms with Crippen LogP contribution < -0.4 is 10.9 Å². The molecule has 0 bridgehead atoms. The summed E-state index contributed by atoms with van der Waals surface area (Å²) in [5.74, 6) is -0.723. The summed E-state index contributed by atoms with van der Waals surface area (Å²) in [5, 5.41) is 0.723. The van der Waals surface area contributed by atoms with E-state index in [4.69, 9.17) is 4.74 Å². The van der Waals surface area contributed by atoms with Crippen molar-refractivity contribution in [3.63, 3.8) is 0 Å². The van der Waals surface area contributed by atoms with Gasteiger partial charge in [-0.3, -0.25) is 20.4 Å².